The van der Waals surface area contributed by atoms with Crippen LogP contribution in [-0.4, -0.2) is 19.9 Å². The molecule has 0 N–H and O–H groups in total. The first-order valence-electron chi connectivity index (χ1n) is 7.48. The highest BCUT2D eigenvalue weighted by Crippen LogP contribution is 2.31. The van der Waals surface area contributed by atoms with E-state index in [-0.39, 0.29) is 28.5 Å². The number of aromatic nitrogens is 4. The molecule has 6 nitrogen and oxygen atoms in total. The standard InChI is InChI=1S/C16H13F3N4O2/c1-2-8-23-13(24)7-6-12(21-23)15-20-14(22-25-15)10-4-3-5-11(9-10)16(17,18)19/h3-7,9H,2,8H2,1H3. The molecule has 2 heterocycles. The molecule has 0 radical (unpaired) electrons. The fraction of sp³-hybridized carbons (Fsp3) is 0.250. The topological polar surface area (TPSA) is 73.8 Å². The predicted molar refractivity (Wildman–Crippen MR) is 82.5 cm³/mol. The van der Waals surface area contributed by atoms with Gasteiger partial charge in [-0.1, -0.05) is 24.2 Å². The van der Waals surface area contributed by atoms with E-state index in [2.05, 4.69) is 15.2 Å². The molecule has 130 valence electrons. The van der Waals surface area contributed by atoms with Crippen LogP contribution in [0.4, 0.5) is 13.2 Å². The van der Waals surface area contributed by atoms with Crippen LogP contribution in [0, 0.1) is 0 Å². The monoisotopic (exact) mass is 350 g/mol. The fourth-order valence-corrected chi connectivity index (χ4v) is 2.21. The second-order valence-electron chi connectivity index (χ2n) is 5.28. The number of nitrogens with zero attached hydrogens (tertiary/aromatic N) is 4. The molecule has 0 bridgehead atoms. The van der Waals surface area contributed by atoms with E-state index >= 15 is 0 Å². The van der Waals surface area contributed by atoms with Crippen molar-refractivity contribution in [3.8, 4) is 23.0 Å². The number of hydrogen-bond acceptors (Lipinski definition) is 5. The van der Waals surface area contributed by atoms with Gasteiger partial charge in [0.15, 0.2) is 0 Å². The summed E-state index contributed by atoms with van der Waals surface area (Å²) in [5.41, 5.74) is -0.611. The molecule has 0 fully saturated rings. The molecule has 1 aromatic carbocycles. The summed E-state index contributed by atoms with van der Waals surface area (Å²) in [7, 11) is 0. The summed E-state index contributed by atoms with van der Waals surface area (Å²) in [4.78, 5) is 15.8. The van der Waals surface area contributed by atoms with Gasteiger partial charge in [-0.2, -0.15) is 23.3 Å². The summed E-state index contributed by atoms with van der Waals surface area (Å²) in [6, 6.07) is 7.39. The lowest BCUT2D eigenvalue weighted by Crippen LogP contribution is -2.21. The molecule has 0 aliphatic carbocycles. The third-order valence-corrected chi connectivity index (χ3v) is 3.40. The Kier molecular flexibility index (Phi) is 4.39. The highest BCUT2D eigenvalue weighted by atomic mass is 19.4. The van der Waals surface area contributed by atoms with E-state index in [4.69, 9.17) is 4.52 Å². The molecule has 0 spiro atoms. The average Bonchev–Trinajstić information content (AvgIpc) is 3.06. The van der Waals surface area contributed by atoms with E-state index in [1.165, 1.54) is 28.9 Å². The van der Waals surface area contributed by atoms with Crippen LogP contribution < -0.4 is 5.56 Å². The lowest BCUT2D eigenvalue weighted by atomic mass is 10.1. The van der Waals surface area contributed by atoms with Gasteiger partial charge in [0.05, 0.1) is 5.56 Å². The first kappa shape index (κ1) is 16.9. The lowest BCUT2D eigenvalue weighted by Gasteiger charge is -2.06. The van der Waals surface area contributed by atoms with E-state index in [1.54, 1.807) is 0 Å². The Morgan fingerprint density at radius 1 is 1.20 bits per heavy atom. The van der Waals surface area contributed by atoms with Crippen LogP contribution in [0.5, 0.6) is 0 Å². The molecule has 9 heteroatoms. The largest absolute Gasteiger partial charge is 0.416 e. The number of aryl methyl sites for hydroxylation is 1. The van der Waals surface area contributed by atoms with Crippen LogP contribution in [0.1, 0.15) is 18.9 Å². The van der Waals surface area contributed by atoms with Crippen molar-refractivity contribution in [3.63, 3.8) is 0 Å². The van der Waals surface area contributed by atoms with Crippen molar-refractivity contribution in [3.05, 3.63) is 52.3 Å². The molecular formula is C16H13F3N4O2. The normalized spacial score (nSPS) is 11.7. The van der Waals surface area contributed by atoms with Gasteiger partial charge in [0.25, 0.3) is 11.4 Å². The number of rotatable bonds is 4. The van der Waals surface area contributed by atoms with Crippen molar-refractivity contribution < 1.29 is 17.7 Å². The number of hydrogen-bond donors (Lipinski definition) is 0. The Morgan fingerprint density at radius 3 is 2.72 bits per heavy atom. The van der Waals surface area contributed by atoms with E-state index in [0.29, 0.717) is 6.54 Å². The van der Waals surface area contributed by atoms with Crippen LogP contribution in [0.15, 0.2) is 45.7 Å². The smallest absolute Gasteiger partial charge is 0.332 e. The van der Waals surface area contributed by atoms with Gasteiger partial charge in [-0.25, -0.2) is 4.68 Å². The molecule has 0 aliphatic heterocycles. The predicted octanol–water partition coefficient (Wildman–Crippen LogP) is 3.39. The third-order valence-electron chi connectivity index (χ3n) is 3.40. The van der Waals surface area contributed by atoms with Crippen molar-refractivity contribution in [1.82, 2.24) is 19.9 Å². The third kappa shape index (κ3) is 3.59. The molecule has 3 aromatic rings. The van der Waals surface area contributed by atoms with Crippen molar-refractivity contribution in [2.24, 2.45) is 0 Å². The minimum absolute atomic E-state index is 0.0103. The number of benzene rings is 1. The van der Waals surface area contributed by atoms with Crippen molar-refractivity contribution >= 4 is 0 Å². The van der Waals surface area contributed by atoms with Crippen LogP contribution in [0.25, 0.3) is 23.0 Å². The maximum atomic E-state index is 12.8. The first-order valence-corrected chi connectivity index (χ1v) is 7.48. The summed E-state index contributed by atoms with van der Waals surface area (Å²) in [5.74, 6) is 0.0356. The van der Waals surface area contributed by atoms with Gasteiger partial charge < -0.3 is 4.52 Å². The Morgan fingerprint density at radius 2 is 2.00 bits per heavy atom. The first-order chi connectivity index (χ1) is 11.9. The van der Waals surface area contributed by atoms with Gasteiger partial charge in [0.2, 0.25) is 5.82 Å². The zero-order valence-electron chi connectivity index (χ0n) is 13.1. The minimum Gasteiger partial charge on any atom is -0.332 e. The molecule has 3 rings (SSSR count). The van der Waals surface area contributed by atoms with Crippen LogP contribution in [0.2, 0.25) is 0 Å². The van der Waals surface area contributed by atoms with Crippen molar-refractivity contribution in [2.75, 3.05) is 0 Å². The zero-order valence-corrected chi connectivity index (χ0v) is 13.1. The molecule has 2 aromatic heterocycles. The molecule has 0 atom stereocenters. The highest BCUT2D eigenvalue weighted by molar-refractivity contribution is 5.58. The van der Waals surface area contributed by atoms with Gasteiger partial charge in [-0.05, 0) is 24.6 Å². The molecule has 0 aliphatic rings. The maximum absolute atomic E-state index is 12.8. The zero-order chi connectivity index (χ0) is 18.0. The molecule has 0 saturated heterocycles. The van der Waals surface area contributed by atoms with Gasteiger partial charge in [-0.3, -0.25) is 4.79 Å². The molecular weight excluding hydrogens is 337 g/mol. The second-order valence-corrected chi connectivity index (χ2v) is 5.28. The van der Waals surface area contributed by atoms with E-state index < -0.39 is 11.7 Å². The van der Waals surface area contributed by atoms with E-state index in [1.807, 2.05) is 6.92 Å². The SMILES string of the molecule is CCCn1nc(-c2nc(-c3cccc(C(F)(F)F)c3)no2)ccc1=O. The maximum Gasteiger partial charge on any atom is 0.416 e. The molecule has 0 saturated carbocycles. The van der Waals surface area contributed by atoms with Crippen molar-refractivity contribution in [1.29, 1.82) is 0 Å². The Hall–Kier alpha value is -2.97. The fourth-order valence-electron chi connectivity index (χ4n) is 2.21. The van der Waals surface area contributed by atoms with Gasteiger partial charge in [0.1, 0.15) is 5.69 Å². The van der Waals surface area contributed by atoms with Gasteiger partial charge in [0, 0.05) is 18.2 Å². The number of halogens is 3. The molecule has 0 unspecified atom stereocenters. The van der Waals surface area contributed by atoms with Crippen molar-refractivity contribution in [2.45, 2.75) is 26.1 Å². The quantitative estimate of drug-likeness (QED) is 0.721. The molecule has 0 amide bonds. The van der Waals surface area contributed by atoms with Crippen LogP contribution in [-0.2, 0) is 12.7 Å². The highest BCUT2D eigenvalue weighted by Gasteiger charge is 2.30. The van der Waals surface area contributed by atoms with E-state index in [9.17, 15) is 18.0 Å². The summed E-state index contributed by atoms with van der Waals surface area (Å²) in [6.07, 6.45) is -3.74. The Bertz CT molecular complexity index is 947. The minimum atomic E-state index is -4.46. The average molecular weight is 350 g/mol. The van der Waals surface area contributed by atoms with Crippen LogP contribution >= 0.6 is 0 Å². The summed E-state index contributed by atoms with van der Waals surface area (Å²) in [6.45, 7) is 2.33. The van der Waals surface area contributed by atoms with Crippen LogP contribution in [0.3, 0.4) is 0 Å². The summed E-state index contributed by atoms with van der Waals surface area (Å²) >= 11 is 0. The summed E-state index contributed by atoms with van der Waals surface area (Å²) < 4.78 is 44.8. The van der Waals surface area contributed by atoms with Gasteiger partial charge in [-0.15, -0.1) is 0 Å². The molecule has 25 heavy (non-hydrogen) atoms. The second kappa shape index (κ2) is 6.50. The van der Waals surface area contributed by atoms with Gasteiger partial charge >= 0.3 is 6.18 Å². The van der Waals surface area contributed by atoms with E-state index in [0.717, 1.165) is 18.6 Å². The summed E-state index contributed by atoms with van der Waals surface area (Å²) in [5, 5.41) is 7.83. The Balaban J connectivity index is 1.96. The number of alkyl halides is 3. The Labute approximate surface area is 139 Å². The lowest BCUT2D eigenvalue weighted by molar-refractivity contribution is -0.137.